The average molecular weight is 325 g/mol. The van der Waals surface area contributed by atoms with Crippen molar-refractivity contribution in [3.05, 3.63) is 36.4 Å². The van der Waals surface area contributed by atoms with Gasteiger partial charge in [0.15, 0.2) is 5.78 Å². The van der Waals surface area contributed by atoms with Gasteiger partial charge in [-0.15, -0.1) is 6.58 Å². The number of ether oxygens (including phenoxy) is 2. The highest BCUT2D eigenvalue weighted by Gasteiger charge is 2.54. The number of halogens is 1. The van der Waals surface area contributed by atoms with Crippen LogP contribution in [0.3, 0.4) is 0 Å². The molecule has 2 rings (SSSR count). The third-order valence-electron chi connectivity index (χ3n) is 3.54. The Kier molecular flexibility index (Phi) is 3.47. The van der Waals surface area contributed by atoms with Crippen molar-refractivity contribution in [3.63, 3.8) is 0 Å². The van der Waals surface area contributed by atoms with Crippen LogP contribution in [0, 0.1) is 0 Å². The van der Waals surface area contributed by atoms with Crippen molar-refractivity contribution >= 4 is 21.7 Å². The highest BCUT2D eigenvalue weighted by Crippen LogP contribution is 2.47. The van der Waals surface area contributed by atoms with Gasteiger partial charge in [-0.2, -0.15) is 0 Å². The van der Waals surface area contributed by atoms with E-state index in [4.69, 9.17) is 9.47 Å². The second-order valence-electron chi connectivity index (χ2n) is 5.10. The fourth-order valence-electron chi connectivity index (χ4n) is 2.28. The van der Waals surface area contributed by atoms with Gasteiger partial charge in [0.2, 0.25) is 0 Å². The summed E-state index contributed by atoms with van der Waals surface area (Å²) in [6.45, 7) is 7.51. The molecule has 0 spiro atoms. The van der Waals surface area contributed by atoms with Crippen LogP contribution in [0.5, 0.6) is 11.5 Å². The summed E-state index contributed by atoms with van der Waals surface area (Å²) in [7, 11) is 1.59. The van der Waals surface area contributed by atoms with Crippen molar-refractivity contribution in [1.82, 2.24) is 0 Å². The maximum atomic E-state index is 12.7. The Bertz CT molecular complexity index is 536. The van der Waals surface area contributed by atoms with Crippen LogP contribution in [0.15, 0.2) is 30.9 Å². The molecule has 1 aromatic carbocycles. The molecule has 1 unspecified atom stereocenters. The Balaban J connectivity index is 2.56. The van der Waals surface area contributed by atoms with Gasteiger partial charge in [-0.3, -0.25) is 4.79 Å². The van der Waals surface area contributed by atoms with E-state index in [1.807, 2.05) is 13.8 Å². The molecule has 0 aliphatic carbocycles. The van der Waals surface area contributed by atoms with Crippen LogP contribution >= 0.6 is 15.9 Å². The monoisotopic (exact) mass is 324 g/mol. The zero-order valence-electron chi connectivity index (χ0n) is 11.3. The first-order valence-corrected chi connectivity index (χ1v) is 6.86. The highest BCUT2D eigenvalue weighted by atomic mass is 79.9. The zero-order chi connectivity index (χ0) is 14.3. The number of hydrogen-bond acceptors (Lipinski definition) is 3. The number of Topliss-reactive ketones (excluding diaryl/α,β-unsaturated/α-hetero) is 1. The fourth-order valence-corrected chi connectivity index (χ4v) is 2.81. The Hall–Kier alpha value is -1.29. The van der Waals surface area contributed by atoms with Crippen molar-refractivity contribution in [3.8, 4) is 11.5 Å². The molecule has 0 radical (unpaired) electrons. The first kappa shape index (κ1) is 14.1. The van der Waals surface area contributed by atoms with E-state index in [2.05, 4.69) is 22.5 Å². The molecule has 0 saturated heterocycles. The number of ketones is 1. The van der Waals surface area contributed by atoms with E-state index in [1.54, 1.807) is 31.4 Å². The highest BCUT2D eigenvalue weighted by molar-refractivity contribution is 9.10. The lowest BCUT2D eigenvalue weighted by Gasteiger charge is -2.44. The minimum Gasteiger partial charge on any atom is -0.497 e. The zero-order valence-corrected chi connectivity index (χ0v) is 12.9. The van der Waals surface area contributed by atoms with Gasteiger partial charge in [-0.25, -0.2) is 0 Å². The lowest BCUT2D eigenvalue weighted by Crippen LogP contribution is -2.57. The summed E-state index contributed by atoms with van der Waals surface area (Å²) < 4.78 is 10.4. The van der Waals surface area contributed by atoms with Gasteiger partial charge < -0.3 is 9.47 Å². The minimum atomic E-state index is -0.788. The molecule has 19 heavy (non-hydrogen) atoms. The van der Waals surface area contributed by atoms with Gasteiger partial charge >= 0.3 is 0 Å². The first-order chi connectivity index (χ1) is 8.85. The van der Waals surface area contributed by atoms with Gasteiger partial charge in [0, 0.05) is 6.07 Å². The molecule has 102 valence electrons. The Morgan fingerprint density at radius 1 is 1.47 bits per heavy atom. The normalized spacial score (nSPS) is 24.3. The van der Waals surface area contributed by atoms with Crippen LogP contribution in [-0.2, 0) is 0 Å². The summed E-state index contributed by atoms with van der Waals surface area (Å²) in [5, 5.41) is 0. The van der Waals surface area contributed by atoms with E-state index in [0.29, 0.717) is 23.5 Å². The molecule has 0 aromatic heterocycles. The van der Waals surface area contributed by atoms with Gasteiger partial charge in [0.1, 0.15) is 21.4 Å². The molecule has 1 heterocycles. The number of carbonyl (C=O) groups is 1. The third-order valence-corrected chi connectivity index (χ3v) is 5.18. The molecule has 0 fully saturated rings. The number of methoxy groups -OCH3 is 1. The van der Waals surface area contributed by atoms with Crippen LogP contribution in [0.25, 0.3) is 0 Å². The maximum absolute atomic E-state index is 12.7. The van der Waals surface area contributed by atoms with Crippen LogP contribution < -0.4 is 9.47 Å². The largest absolute Gasteiger partial charge is 0.497 e. The predicted molar refractivity (Wildman–Crippen MR) is 78.5 cm³/mol. The summed E-state index contributed by atoms with van der Waals surface area (Å²) >= 11 is 3.57. The molecule has 1 aromatic rings. The van der Waals surface area contributed by atoms with Crippen LogP contribution in [0.2, 0.25) is 0 Å². The molecule has 1 aliphatic heterocycles. The molecule has 1 atom stereocenters. The molecule has 0 N–H and O–H groups in total. The quantitative estimate of drug-likeness (QED) is 0.627. The summed E-state index contributed by atoms with van der Waals surface area (Å²) in [4.78, 5) is 12.7. The van der Waals surface area contributed by atoms with E-state index in [-0.39, 0.29) is 5.78 Å². The molecule has 4 heteroatoms. The smallest absolute Gasteiger partial charge is 0.187 e. The number of allylic oxidation sites excluding steroid dienone is 1. The first-order valence-electron chi connectivity index (χ1n) is 6.07. The van der Waals surface area contributed by atoms with Gasteiger partial charge in [0.05, 0.1) is 12.7 Å². The van der Waals surface area contributed by atoms with Gasteiger partial charge in [0.25, 0.3) is 0 Å². The van der Waals surface area contributed by atoms with Crippen molar-refractivity contribution < 1.29 is 14.3 Å². The lowest BCUT2D eigenvalue weighted by molar-refractivity contribution is 0.0417. The standard InChI is InChI=1S/C15H17BrO3/c1-5-8-15(16)13(17)11-7-6-10(18-4)9-12(11)19-14(15,2)3/h5-7,9H,1,8H2,2-4H3. The Morgan fingerprint density at radius 3 is 2.74 bits per heavy atom. The summed E-state index contributed by atoms with van der Waals surface area (Å²) in [6.07, 6.45) is 2.23. The average Bonchev–Trinajstić information content (AvgIpc) is 2.36. The topological polar surface area (TPSA) is 35.5 Å². The predicted octanol–water partition coefficient (Wildman–Crippen LogP) is 3.76. The second-order valence-corrected chi connectivity index (χ2v) is 6.45. The Morgan fingerprint density at radius 2 is 2.16 bits per heavy atom. The summed E-state index contributed by atoms with van der Waals surface area (Å²) in [6, 6.07) is 5.25. The minimum absolute atomic E-state index is 0.0151. The van der Waals surface area contributed by atoms with Crippen molar-refractivity contribution in [2.45, 2.75) is 30.2 Å². The van der Waals surface area contributed by atoms with Crippen molar-refractivity contribution in [2.75, 3.05) is 7.11 Å². The van der Waals surface area contributed by atoms with E-state index < -0.39 is 9.93 Å². The lowest BCUT2D eigenvalue weighted by atomic mass is 9.79. The number of fused-ring (bicyclic) bond motifs is 1. The van der Waals surface area contributed by atoms with E-state index >= 15 is 0 Å². The van der Waals surface area contributed by atoms with Crippen LogP contribution in [0.1, 0.15) is 30.6 Å². The molecule has 1 aliphatic rings. The fraction of sp³-hybridized carbons (Fsp3) is 0.400. The number of carbonyl (C=O) groups excluding carboxylic acids is 1. The van der Waals surface area contributed by atoms with Crippen LogP contribution in [-0.4, -0.2) is 22.8 Å². The number of hydrogen-bond donors (Lipinski definition) is 0. The maximum Gasteiger partial charge on any atom is 0.187 e. The molecule has 3 nitrogen and oxygen atoms in total. The van der Waals surface area contributed by atoms with Crippen molar-refractivity contribution in [2.24, 2.45) is 0 Å². The number of benzene rings is 1. The van der Waals surface area contributed by atoms with E-state index in [1.165, 1.54) is 0 Å². The molecule has 0 amide bonds. The molecular weight excluding hydrogens is 308 g/mol. The second kappa shape index (κ2) is 4.67. The van der Waals surface area contributed by atoms with Crippen molar-refractivity contribution in [1.29, 1.82) is 0 Å². The van der Waals surface area contributed by atoms with E-state index in [0.717, 1.165) is 0 Å². The third kappa shape index (κ3) is 2.08. The van der Waals surface area contributed by atoms with Gasteiger partial charge in [-0.1, -0.05) is 22.0 Å². The summed E-state index contributed by atoms with van der Waals surface area (Å²) in [5.41, 5.74) is -0.101. The number of alkyl halides is 1. The Labute approximate surface area is 121 Å². The summed E-state index contributed by atoms with van der Waals surface area (Å²) in [5.74, 6) is 1.25. The van der Waals surface area contributed by atoms with E-state index in [9.17, 15) is 4.79 Å². The van der Waals surface area contributed by atoms with Crippen LogP contribution in [0.4, 0.5) is 0 Å². The SMILES string of the molecule is C=CCC1(Br)C(=O)c2ccc(OC)cc2OC1(C)C. The molecule has 0 saturated carbocycles. The molecular formula is C15H17BrO3. The molecule has 0 bridgehead atoms. The number of rotatable bonds is 3. The van der Waals surface area contributed by atoms with Gasteiger partial charge in [-0.05, 0) is 32.4 Å².